The van der Waals surface area contributed by atoms with Crippen molar-refractivity contribution in [2.75, 3.05) is 11.9 Å². The Labute approximate surface area is 123 Å². The van der Waals surface area contributed by atoms with Crippen molar-refractivity contribution in [3.63, 3.8) is 0 Å². The molecule has 0 aromatic heterocycles. The SMILES string of the molecule is CCCNC(C)c1ccccc1NC(=O)C(CC)CC. The van der Waals surface area contributed by atoms with Crippen LogP contribution >= 0.6 is 0 Å². The quantitative estimate of drug-likeness (QED) is 0.750. The molecule has 3 heteroatoms. The van der Waals surface area contributed by atoms with Gasteiger partial charge in [0.25, 0.3) is 0 Å². The van der Waals surface area contributed by atoms with Crippen molar-refractivity contribution in [3.05, 3.63) is 29.8 Å². The van der Waals surface area contributed by atoms with E-state index in [4.69, 9.17) is 0 Å². The van der Waals surface area contributed by atoms with Crippen molar-refractivity contribution in [2.45, 2.75) is 53.0 Å². The second-order valence-electron chi connectivity index (χ2n) is 5.27. The first kappa shape index (κ1) is 16.7. The summed E-state index contributed by atoms with van der Waals surface area (Å²) in [7, 11) is 0. The van der Waals surface area contributed by atoms with Crippen LogP contribution in [0.1, 0.15) is 58.6 Å². The second kappa shape index (κ2) is 8.75. The maximum Gasteiger partial charge on any atom is 0.227 e. The summed E-state index contributed by atoms with van der Waals surface area (Å²) < 4.78 is 0. The molecule has 0 spiro atoms. The molecule has 0 bridgehead atoms. The zero-order valence-corrected chi connectivity index (χ0v) is 13.2. The number of carbonyl (C=O) groups excluding carboxylic acids is 1. The monoisotopic (exact) mass is 276 g/mol. The molecule has 1 unspecified atom stereocenters. The first-order valence-corrected chi connectivity index (χ1v) is 7.77. The van der Waals surface area contributed by atoms with Gasteiger partial charge in [-0.05, 0) is 44.4 Å². The molecule has 3 nitrogen and oxygen atoms in total. The molecule has 0 radical (unpaired) electrons. The molecule has 1 atom stereocenters. The Bertz CT molecular complexity index is 413. The molecular formula is C17H28N2O. The molecule has 0 saturated heterocycles. The van der Waals surface area contributed by atoms with Gasteiger partial charge in [0.2, 0.25) is 5.91 Å². The smallest absolute Gasteiger partial charge is 0.227 e. The van der Waals surface area contributed by atoms with Crippen LogP contribution in [0, 0.1) is 5.92 Å². The van der Waals surface area contributed by atoms with Gasteiger partial charge >= 0.3 is 0 Å². The zero-order valence-electron chi connectivity index (χ0n) is 13.2. The molecule has 0 aliphatic carbocycles. The lowest BCUT2D eigenvalue weighted by molar-refractivity contribution is -0.120. The molecular weight excluding hydrogens is 248 g/mol. The number of hydrogen-bond donors (Lipinski definition) is 2. The Morgan fingerprint density at radius 3 is 2.40 bits per heavy atom. The topological polar surface area (TPSA) is 41.1 Å². The summed E-state index contributed by atoms with van der Waals surface area (Å²) in [6, 6.07) is 8.30. The summed E-state index contributed by atoms with van der Waals surface area (Å²) in [5.74, 6) is 0.229. The fourth-order valence-electron chi connectivity index (χ4n) is 2.35. The van der Waals surface area contributed by atoms with Crippen LogP contribution in [-0.4, -0.2) is 12.5 Å². The van der Waals surface area contributed by atoms with Crippen LogP contribution in [0.3, 0.4) is 0 Å². The maximum absolute atomic E-state index is 12.2. The standard InChI is InChI=1S/C17H28N2O/c1-5-12-18-13(4)15-10-8-9-11-16(15)19-17(20)14(6-2)7-3/h8-11,13-14,18H,5-7,12H2,1-4H3,(H,19,20). The summed E-state index contributed by atoms with van der Waals surface area (Å²) in [6.07, 6.45) is 2.87. The Morgan fingerprint density at radius 2 is 1.80 bits per heavy atom. The molecule has 2 N–H and O–H groups in total. The molecule has 0 saturated carbocycles. The Hall–Kier alpha value is -1.35. The minimum Gasteiger partial charge on any atom is -0.326 e. The van der Waals surface area contributed by atoms with Crippen molar-refractivity contribution < 1.29 is 4.79 Å². The van der Waals surface area contributed by atoms with E-state index in [1.165, 1.54) is 0 Å². The van der Waals surface area contributed by atoms with E-state index in [1.54, 1.807) is 0 Å². The van der Waals surface area contributed by atoms with E-state index in [2.05, 4.69) is 44.4 Å². The number of hydrogen-bond acceptors (Lipinski definition) is 2. The lowest BCUT2D eigenvalue weighted by atomic mass is 10.0. The molecule has 112 valence electrons. The Balaban J connectivity index is 2.82. The van der Waals surface area contributed by atoms with Gasteiger partial charge in [-0.1, -0.05) is 39.0 Å². The predicted molar refractivity (Wildman–Crippen MR) is 85.9 cm³/mol. The van der Waals surface area contributed by atoms with Gasteiger partial charge in [-0.15, -0.1) is 0 Å². The van der Waals surface area contributed by atoms with Crippen LogP contribution in [0.5, 0.6) is 0 Å². The van der Waals surface area contributed by atoms with E-state index >= 15 is 0 Å². The third-order valence-corrected chi connectivity index (χ3v) is 3.74. The zero-order chi connectivity index (χ0) is 15.0. The highest BCUT2D eigenvalue weighted by Crippen LogP contribution is 2.23. The number of anilines is 1. The third-order valence-electron chi connectivity index (χ3n) is 3.74. The van der Waals surface area contributed by atoms with Crippen molar-refractivity contribution in [1.82, 2.24) is 5.32 Å². The van der Waals surface area contributed by atoms with Crippen LogP contribution in [0.2, 0.25) is 0 Å². The average Bonchev–Trinajstić information content (AvgIpc) is 2.46. The van der Waals surface area contributed by atoms with Crippen LogP contribution in [0.15, 0.2) is 24.3 Å². The molecule has 0 aliphatic heterocycles. The summed E-state index contributed by atoms with van der Waals surface area (Å²) in [4.78, 5) is 12.2. The van der Waals surface area contributed by atoms with Crippen LogP contribution in [-0.2, 0) is 4.79 Å². The second-order valence-corrected chi connectivity index (χ2v) is 5.27. The first-order chi connectivity index (χ1) is 9.63. The third kappa shape index (κ3) is 4.64. The number of rotatable bonds is 8. The van der Waals surface area contributed by atoms with Crippen molar-refractivity contribution >= 4 is 11.6 Å². The van der Waals surface area contributed by atoms with Gasteiger partial charge in [0.05, 0.1) is 0 Å². The number of carbonyl (C=O) groups is 1. The van der Waals surface area contributed by atoms with Crippen molar-refractivity contribution in [2.24, 2.45) is 5.92 Å². The van der Waals surface area contributed by atoms with E-state index in [1.807, 2.05) is 18.2 Å². The van der Waals surface area contributed by atoms with Gasteiger partial charge in [-0.2, -0.15) is 0 Å². The highest BCUT2D eigenvalue weighted by atomic mass is 16.1. The molecule has 1 amide bonds. The average molecular weight is 276 g/mol. The number of amides is 1. The normalized spacial score (nSPS) is 12.4. The number of nitrogens with one attached hydrogen (secondary N) is 2. The summed E-state index contributed by atoms with van der Waals surface area (Å²) in [6.45, 7) is 9.39. The van der Waals surface area contributed by atoms with E-state index in [0.717, 1.165) is 37.1 Å². The Kier molecular flexibility index (Phi) is 7.31. The molecule has 0 fully saturated rings. The highest BCUT2D eigenvalue weighted by Gasteiger charge is 2.17. The van der Waals surface area contributed by atoms with Gasteiger partial charge in [-0.3, -0.25) is 4.79 Å². The lowest BCUT2D eigenvalue weighted by Crippen LogP contribution is -2.25. The predicted octanol–water partition coefficient (Wildman–Crippen LogP) is 4.12. The van der Waals surface area contributed by atoms with Crippen molar-refractivity contribution in [1.29, 1.82) is 0 Å². The summed E-state index contributed by atoms with van der Waals surface area (Å²) in [5, 5.41) is 6.56. The van der Waals surface area contributed by atoms with Crippen LogP contribution in [0.25, 0.3) is 0 Å². The molecule has 1 aromatic carbocycles. The minimum atomic E-state index is 0.0990. The minimum absolute atomic E-state index is 0.0990. The van der Waals surface area contributed by atoms with Gasteiger partial charge in [-0.25, -0.2) is 0 Å². The highest BCUT2D eigenvalue weighted by molar-refractivity contribution is 5.93. The fraction of sp³-hybridized carbons (Fsp3) is 0.588. The lowest BCUT2D eigenvalue weighted by Gasteiger charge is -2.20. The first-order valence-electron chi connectivity index (χ1n) is 7.77. The number of benzene rings is 1. The molecule has 0 aliphatic rings. The van der Waals surface area contributed by atoms with E-state index in [-0.39, 0.29) is 17.9 Å². The van der Waals surface area contributed by atoms with Gasteiger partial charge in [0.15, 0.2) is 0 Å². The van der Waals surface area contributed by atoms with Gasteiger partial charge in [0.1, 0.15) is 0 Å². The maximum atomic E-state index is 12.2. The molecule has 1 rings (SSSR count). The van der Waals surface area contributed by atoms with E-state index < -0.39 is 0 Å². The van der Waals surface area contributed by atoms with Crippen molar-refractivity contribution in [3.8, 4) is 0 Å². The molecule has 0 heterocycles. The summed E-state index contributed by atoms with van der Waals surface area (Å²) >= 11 is 0. The largest absolute Gasteiger partial charge is 0.326 e. The summed E-state index contributed by atoms with van der Waals surface area (Å²) in [5.41, 5.74) is 2.08. The van der Waals surface area contributed by atoms with Crippen LogP contribution < -0.4 is 10.6 Å². The fourth-order valence-corrected chi connectivity index (χ4v) is 2.35. The molecule has 1 aromatic rings. The van der Waals surface area contributed by atoms with Crippen LogP contribution in [0.4, 0.5) is 5.69 Å². The Morgan fingerprint density at radius 1 is 1.15 bits per heavy atom. The number of para-hydroxylation sites is 1. The van der Waals surface area contributed by atoms with E-state index in [0.29, 0.717) is 0 Å². The van der Waals surface area contributed by atoms with Gasteiger partial charge < -0.3 is 10.6 Å². The molecule has 20 heavy (non-hydrogen) atoms. The van der Waals surface area contributed by atoms with Gasteiger partial charge in [0, 0.05) is 17.6 Å². The van der Waals surface area contributed by atoms with E-state index in [9.17, 15) is 4.79 Å².